The lowest BCUT2D eigenvalue weighted by Gasteiger charge is -1.93. The van der Waals surface area contributed by atoms with Crippen molar-refractivity contribution in [3.05, 3.63) is 0 Å². The SMILES string of the molecule is CC(=S)N=C(N)NN. The van der Waals surface area contributed by atoms with Gasteiger partial charge in [-0.2, -0.15) is 0 Å². The summed E-state index contributed by atoms with van der Waals surface area (Å²) in [7, 11) is 0. The Bertz CT molecular complexity index is 118. The summed E-state index contributed by atoms with van der Waals surface area (Å²) in [6, 6.07) is 0. The number of aliphatic imine (C=N–C) groups is 1. The molecule has 0 heterocycles. The highest BCUT2D eigenvalue weighted by atomic mass is 32.1. The zero-order valence-electron chi connectivity index (χ0n) is 4.51. The van der Waals surface area contributed by atoms with Gasteiger partial charge in [0.05, 0.1) is 0 Å². The van der Waals surface area contributed by atoms with Crippen molar-refractivity contribution >= 4 is 23.2 Å². The van der Waals surface area contributed by atoms with Gasteiger partial charge in [0, 0.05) is 0 Å². The first-order valence-electron chi connectivity index (χ1n) is 1.98. The van der Waals surface area contributed by atoms with Gasteiger partial charge in [0.15, 0.2) is 0 Å². The van der Waals surface area contributed by atoms with Crippen molar-refractivity contribution in [3.63, 3.8) is 0 Å². The number of thiocarbonyl (C=S) groups is 1. The Morgan fingerprint density at radius 1 is 1.75 bits per heavy atom. The van der Waals surface area contributed by atoms with Crippen LogP contribution in [0, 0.1) is 0 Å². The van der Waals surface area contributed by atoms with Crippen molar-refractivity contribution in [2.24, 2.45) is 16.6 Å². The van der Waals surface area contributed by atoms with E-state index in [1.165, 1.54) is 0 Å². The summed E-state index contributed by atoms with van der Waals surface area (Å²) in [4.78, 5) is 4.04. The van der Waals surface area contributed by atoms with Gasteiger partial charge in [-0.15, -0.1) is 0 Å². The maximum Gasteiger partial charge on any atom is 0.208 e. The van der Waals surface area contributed by atoms with Crippen molar-refractivity contribution in [3.8, 4) is 0 Å². The molecule has 0 aromatic heterocycles. The third-order valence-electron chi connectivity index (χ3n) is 0.426. The van der Waals surface area contributed by atoms with Gasteiger partial charge >= 0.3 is 0 Å². The Morgan fingerprint density at radius 2 is 2.25 bits per heavy atom. The van der Waals surface area contributed by atoms with E-state index in [1.54, 1.807) is 6.92 Å². The highest BCUT2D eigenvalue weighted by Gasteiger charge is 1.82. The molecule has 0 radical (unpaired) electrons. The number of rotatable bonds is 0. The van der Waals surface area contributed by atoms with Gasteiger partial charge in [0.1, 0.15) is 4.99 Å². The molecule has 0 aromatic rings. The van der Waals surface area contributed by atoms with Gasteiger partial charge in [0.2, 0.25) is 5.96 Å². The fourth-order valence-electron chi connectivity index (χ4n) is 0.202. The summed E-state index contributed by atoms with van der Waals surface area (Å²) in [6.45, 7) is 1.65. The molecule has 0 fully saturated rings. The smallest absolute Gasteiger partial charge is 0.208 e. The van der Waals surface area contributed by atoms with Gasteiger partial charge in [-0.1, -0.05) is 12.2 Å². The zero-order valence-corrected chi connectivity index (χ0v) is 5.33. The molecule has 0 aliphatic rings. The average Bonchev–Trinajstić information content (AvgIpc) is 1.65. The van der Waals surface area contributed by atoms with E-state index in [1.807, 2.05) is 0 Å². The molecule has 0 spiro atoms. The number of nitrogens with two attached hydrogens (primary N) is 2. The molecular formula is C3H8N4S. The second-order valence-corrected chi connectivity index (χ2v) is 1.75. The van der Waals surface area contributed by atoms with Crippen molar-refractivity contribution in [1.29, 1.82) is 0 Å². The second-order valence-electron chi connectivity index (χ2n) is 1.16. The summed E-state index contributed by atoms with van der Waals surface area (Å²) >= 11 is 4.57. The van der Waals surface area contributed by atoms with Crippen LogP contribution in [0.5, 0.6) is 0 Å². The highest BCUT2D eigenvalue weighted by Crippen LogP contribution is 1.73. The third-order valence-corrected chi connectivity index (χ3v) is 0.517. The summed E-state index contributed by atoms with van der Waals surface area (Å²) < 4.78 is 0. The minimum atomic E-state index is 0.137. The van der Waals surface area contributed by atoms with E-state index in [-0.39, 0.29) is 5.96 Å². The normalized spacial score (nSPS) is 11.0. The molecule has 0 aliphatic carbocycles. The molecule has 4 nitrogen and oxygen atoms in total. The molecule has 0 unspecified atom stereocenters. The van der Waals surface area contributed by atoms with E-state index in [9.17, 15) is 0 Å². The largest absolute Gasteiger partial charge is 0.369 e. The predicted molar refractivity (Wildman–Crippen MR) is 37.2 cm³/mol. The maximum absolute atomic E-state index is 5.10. The maximum atomic E-state index is 5.10. The number of guanidine groups is 1. The Balaban J connectivity index is 3.75. The first-order chi connectivity index (χ1) is 3.66. The zero-order chi connectivity index (χ0) is 6.57. The molecule has 46 valence electrons. The van der Waals surface area contributed by atoms with Crippen LogP contribution in [0.4, 0.5) is 0 Å². The standard InChI is InChI=1S/C3H8N4S/c1-2(8)6-3(4)7-5/h5H2,1H3,(H3,4,6,7,8). The lowest BCUT2D eigenvalue weighted by atomic mass is 10.8. The third kappa shape index (κ3) is 3.51. The number of hydrogen-bond donors (Lipinski definition) is 3. The molecule has 0 bridgehead atoms. The van der Waals surface area contributed by atoms with Crippen LogP contribution in [0.15, 0.2) is 4.99 Å². The van der Waals surface area contributed by atoms with Gasteiger partial charge in [-0.25, -0.2) is 10.8 Å². The van der Waals surface area contributed by atoms with Crippen molar-refractivity contribution < 1.29 is 0 Å². The quantitative estimate of drug-likeness (QED) is 0.131. The summed E-state index contributed by atoms with van der Waals surface area (Å²) in [5.41, 5.74) is 7.24. The van der Waals surface area contributed by atoms with Crippen LogP contribution in [-0.4, -0.2) is 10.9 Å². The van der Waals surface area contributed by atoms with Crippen LogP contribution >= 0.6 is 12.2 Å². The van der Waals surface area contributed by atoms with Gasteiger partial charge in [0.25, 0.3) is 0 Å². The Kier molecular flexibility index (Phi) is 3.05. The Labute approximate surface area is 52.9 Å². The molecule has 5 heteroatoms. The molecule has 5 N–H and O–H groups in total. The van der Waals surface area contributed by atoms with Crippen LogP contribution in [-0.2, 0) is 0 Å². The minimum Gasteiger partial charge on any atom is -0.369 e. The number of nitrogens with zero attached hydrogens (tertiary/aromatic N) is 1. The number of hydrazine groups is 1. The monoisotopic (exact) mass is 132 g/mol. The van der Waals surface area contributed by atoms with E-state index in [0.29, 0.717) is 4.99 Å². The van der Waals surface area contributed by atoms with E-state index < -0.39 is 0 Å². The van der Waals surface area contributed by atoms with E-state index in [2.05, 4.69) is 22.6 Å². The molecular weight excluding hydrogens is 124 g/mol. The Hall–Kier alpha value is -0.680. The van der Waals surface area contributed by atoms with E-state index >= 15 is 0 Å². The molecule has 0 saturated heterocycles. The highest BCUT2D eigenvalue weighted by molar-refractivity contribution is 7.80. The van der Waals surface area contributed by atoms with Crippen LogP contribution in [0.1, 0.15) is 6.92 Å². The van der Waals surface area contributed by atoms with Gasteiger partial charge < -0.3 is 5.73 Å². The minimum absolute atomic E-state index is 0.137. The lowest BCUT2D eigenvalue weighted by Crippen LogP contribution is -2.37. The number of hydrogen-bond acceptors (Lipinski definition) is 2. The second kappa shape index (κ2) is 3.34. The molecule has 0 aromatic carbocycles. The Morgan fingerprint density at radius 3 is 2.38 bits per heavy atom. The van der Waals surface area contributed by atoms with Crippen molar-refractivity contribution in [2.75, 3.05) is 0 Å². The fourth-order valence-corrected chi connectivity index (χ4v) is 0.300. The summed E-state index contributed by atoms with van der Waals surface area (Å²) in [5.74, 6) is 4.99. The predicted octanol–water partition coefficient (Wildman–Crippen LogP) is -0.888. The van der Waals surface area contributed by atoms with E-state index in [0.717, 1.165) is 0 Å². The van der Waals surface area contributed by atoms with Crippen LogP contribution in [0.2, 0.25) is 0 Å². The molecule has 0 atom stereocenters. The van der Waals surface area contributed by atoms with Crippen LogP contribution in [0.25, 0.3) is 0 Å². The van der Waals surface area contributed by atoms with Crippen LogP contribution < -0.4 is 17.0 Å². The summed E-state index contributed by atoms with van der Waals surface area (Å²) in [5, 5.41) is 0. The van der Waals surface area contributed by atoms with Gasteiger partial charge in [-0.3, -0.25) is 5.43 Å². The summed E-state index contributed by atoms with van der Waals surface area (Å²) in [6.07, 6.45) is 0. The van der Waals surface area contributed by atoms with Crippen molar-refractivity contribution in [2.45, 2.75) is 6.92 Å². The van der Waals surface area contributed by atoms with Crippen molar-refractivity contribution in [1.82, 2.24) is 5.43 Å². The van der Waals surface area contributed by atoms with Crippen LogP contribution in [0.3, 0.4) is 0 Å². The van der Waals surface area contributed by atoms with E-state index in [4.69, 9.17) is 11.6 Å². The number of nitrogens with one attached hydrogen (secondary N) is 1. The molecule has 0 saturated carbocycles. The first-order valence-corrected chi connectivity index (χ1v) is 2.39. The fraction of sp³-hybridized carbons (Fsp3) is 0.333. The molecule has 0 aliphatic heterocycles. The first kappa shape index (κ1) is 7.32. The van der Waals surface area contributed by atoms with Gasteiger partial charge in [-0.05, 0) is 6.92 Å². The average molecular weight is 132 g/mol. The topological polar surface area (TPSA) is 76.4 Å². The lowest BCUT2D eigenvalue weighted by molar-refractivity contribution is 1.01. The molecule has 8 heavy (non-hydrogen) atoms. The molecule has 0 rings (SSSR count). The molecule has 0 amide bonds.